The van der Waals surface area contributed by atoms with E-state index in [0.29, 0.717) is 17.7 Å². The number of rotatable bonds is 7. The number of amides is 1. The molecule has 0 bridgehead atoms. The third-order valence-corrected chi connectivity index (χ3v) is 5.61. The molecule has 132 valence electrons. The Bertz CT molecular complexity index is 713. The van der Waals surface area contributed by atoms with Crippen LogP contribution in [0.4, 0.5) is 0 Å². The largest absolute Gasteiger partial charge is 0.376 e. The second-order valence-corrected chi connectivity index (χ2v) is 7.54. The Hall–Kier alpha value is -1.93. The highest BCUT2D eigenvalue weighted by atomic mass is 32.2. The number of ether oxygens (including phenoxy) is 1. The summed E-state index contributed by atoms with van der Waals surface area (Å²) in [6.45, 7) is 1.42. The molecule has 1 saturated carbocycles. The molecule has 1 aromatic carbocycles. The molecule has 1 amide bonds. The van der Waals surface area contributed by atoms with Gasteiger partial charge in [-0.2, -0.15) is 0 Å². The fourth-order valence-corrected chi connectivity index (χ4v) is 3.88. The average Bonchev–Trinajstić information content (AvgIpc) is 3.11. The first-order valence-corrected chi connectivity index (χ1v) is 9.57. The summed E-state index contributed by atoms with van der Waals surface area (Å²) in [5.74, 6) is 0.0189. The summed E-state index contributed by atoms with van der Waals surface area (Å²) in [6.07, 6.45) is 4.38. The summed E-state index contributed by atoms with van der Waals surface area (Å²) in [4.78, 5) is 12.7. The zero-order valence-electron chi connectivity index (χ0n) is 13.9. The standard InChI is InChI=1S/C17H21N5O2S/c23-16(18-13-8-9-13)15(12-5-2-1-3-6-12)25-17-19-20-21-22(17)11-14-7-4-10-24-14/h1-3,5-6,13-15H,4,7-11H2,(H,18,23)/t14-,15-/m1/s1. The summed E-state index contributed by atoms with van der Waals surface area (Å²) >= 11 is 1.40. The maximum atomic E-state index is 12.7. The second-order valence-electron chi connectivity index (χ2n) is 6.47. The van der Waals surface area contributed by atoms with Crippen molar-refractivity contribution in [3.63, 3.8) is 0 Å². The van der Waals surface area contributed by atoms with Crippen LogP contribution in [0.1, 0.15) is 36.5 Å². The molecule has 2 aliphatic rings. The molecule has 1 aliphatic carbocycles. The predicted molar refractivity (Wildman–Crippen MR) is 93.0 cm³/mol. The minimum absolute atomic E-state index is 0.0189. The zero-order valence-corrected chi connectivity index (χ0v) is 14.7. The Balaban J connectivity index is 1.52. The number of carbonyl (C=O) groups excluding carboxylic acids is 1. The monoisotopic (exact) mass is 359 g/mol. The van der Waals surface area contributed by atoms with Crippen molar-refractivity contribution in [1.82, 2.24) is 25.5 Å². The van der Waals surface area contributed by atoms with Gasteiger partial charge in [0.15, 0.2) is 0 Å². The van der Waals surface area contributed by atoms with Crippen LogP contribution in [0, 0.1) is 0 Å². The minimum atomic E-state index is -0.365. The average molecular weight is 359 g/mol. The lowest BCUT2D eigenvalue weighted by Crippen LogP contribution is -2.30. The van der Waals surface area contributed by atoms with E-state index in [4.69, 9.17) is 4.74 Å². The Labute approximate surface area is 150 Å². The van der Waals surface area contributed by atoms with Gasteiger partial charge in [-0.25, -0.2) is 4.68 Å². The number of hydrogen-bond donors (Lipinski definition) is 1. The quantitative estimate of drug-likeness (QED) is 0.761. The van der Waals surface area contributed by atoms with Crippen molar-refractivity contribution in [2.75, 3.05) is 6.61 Å². The first kappa shape index (κ1) is 16.5. The van der Waals surface area contributed by atoms with Gasteiger partial charge in [0.1, 0.15) is 5.25 Å². The number of carbonyl (C=O) groups is 1. The van der Waals surface area contributed by atoms with Crippen molar-refractivity contribution in [3.8, 4) is 0 Å². The number of hydrogen-bond acceptors (Lipinski definition) is 6. The van der Waals surface area contributed by atoms with Gasteiger partial charge in [-0.1, -0.05) is 42.1 Å². The van der Waals surface area contributed by atoms with Gasteiger partial charge < -0.3 is 10.1 Å². The van der Waals surface area contributed by atoms with Crippen LogP contribution in [0.25, 0.3) is 0 Å². The predicted octanol–water partition coefficient (Wildman–Crippen LogP) is 1.96. The van der Waals surface area contributed by atoms with Crippen molar-refractivity contribution in [2.24, 2.45) is 0 Å². The molecule has 1 saturated heterocycles. The third kappa shape index (κ3) is 4.19. The number of nitrogens with one attached hydrogen (secondary N) is 1. The van der Waals surface area contributed by atoms with E-state index < -0.39 is 0 Å². The Morgan fingerprint density at radius 2 is 2.16 bits per heavy atom. The van der Waals surface area contributed by atoms with Crippen LogP contribution in [-0.4, -0.2) is 44.9 Å². The maximum Gasteiger partial charge on any atom is 0.238 e. The Morgan fingerprint density at radius 1 is 1.32 bits per heavy atom. The summed E-state index contributed by atoms with van der Waals surface area (Å²) in [5.41, 5.74) is 0.956. The van der Waals surface area contributed by atoms with Gasteiger partial charge in [0.25, 0.3) is 0 Å². The molecule has 25 heavy (non-hydrogen) atoms. The van der Waals surface area contributed by atoms with Crippen molar-refractivity contribution in [1.29, 1.82) is 0 Å². The third-order valence-electron chi connectivity index (χ3n) is 4.39. The highest BCUT2D eigenvalue weighted by Crippen LogP contribution is 2.35. The smallest absolute Gasteiger partial charge is 0.238 e. The van der Waals surface area contributed by atoms with Crippen LogP contribution in [0.15, 0.2) is 35.5 Å². The molecule has 1 N–H and O–H groups in total. The Morgan fingerprint density at radius 3 is 2.88 bits per heavy atom. The van der Waals surface area contributed by atoms with Gasteiger partial charge in [-0.05, 0) is 41.7 Å². The summed E-state index contributed by atoms with van der Waals surface area (Å²) in [6, 6.07) is 10.1. The maximum absolute atomic E-state index is 12.7. The van der Waals surface area contributed by atoms with E-state index in [-0.39, 0.29) is 17.3 Å². The molecule has 4 rings (SSSR count). The van der Waals surface area contributed by atoms with Gasteiger partial charge in [0.2, 0.25) is 11.1 Å². The lowest BCUT2D eigenvalue weighted by molar-refractivity contribution is -0.120. The van der Waals surface area contributed by atoms with Gasteiger partial charge in [-0.15, -0.1) is 5.10 Å². The lowest BCUT2D eigenvalue weighted by Gasteiger charge is -2.17. The molecule has 7 nitrogen and oxygen atoms in total. The summed E-state index contributed by atoms with van der Waals surface area (Å²) in [7, 11) is 0. The zero-order chi connectivity index (χ0) is 17.1. The molecule has 2 atom stereocenters. The molecule has 0 unspecified atom stereocenters. The molecule has 2 aromatic rings. The van der Waals surface area contributed by atoms with Crippen LogP contribution in [-0.2, 0) is 16.1 Å². The van der Waals surface area contributed by atoms with Crippen LogP contribution in [0.2, 0.25) is 0 Å². The number of tetrazole rings is 1. The summed E-state index contributed by atoms with van der Waals surface area (Å²) in [5, 5.41) is 15.4. The normalized spacial score (nSPS) is 21.2. The van der Waals surface area contributed by atoms with Crippen LogP contribution < -0.4 is 5.32 Å². The van der Waals surface area contributed by atoms with Crippen molar-refractivity contribution < 1.29 is 9.53 Å². The van der Waals surface area contributed by atoms with E-state index in [2.05, 4.69) is 20.8 Å². The minimum Gasteiger partial charge on any atom is -0.376 e. The van der Waals surface area contributed by atoms with Crippen molar-refractivity contribution in [3.05, 3.63) is 35.9 Å². The van der Waals surface area contributed by atoms with E-state index >= 15 is 0 Å². The van der Waals surface area contributed by atoms with Gasteiger partial charge in [0.05, 0.1) is 12.6 Å². The first-order valence-electron chi connectivity index (χ1n) is 8.69. The van der Waals surface area contributed by atoms with E-state index in [1.54, 1.807) is 4.68 Å². The van der Waals surface area contributed by atoms with E-state index in [9.17, 15) is 4.79 Å². The van der Waals surface area contributed by atoms with E-state index in [1.807, 2.05) is 30.3 Å². The second kappa shape index (κ2) is 7.53. The van der Waals surface area contributed by atoms with Crippen molar-refractivity contribution in [2.45, 2.75) is 54.8 Å². The molecule has 1 aromatic heterocycles. The fraction of sp³-hybridized carbons (Fsp3) is 0.529. The summed E-state index contributed by atoms with van der Waals surface area (Å²) < 4.78 is 7.43. The topological polar surface area (TPSA) is 81.9 Å². The van der Waals surface area contributed by atoms with Crippen molar-refractivity contribution >= 4 is 17.7 Å². The van der Waals surface area contributed by atoms with E-state index in [1.165, 1.54) is 11.8 Å². The molecule has 0 radical (unpaired) electrons. The number of thioether (sulfide) groups is 1. The van der Waals surface area contributed by atoms with Crippen LogP contribution in [0.3, 0.4) is 0 Å². The van der Waals surface area contributed by atoms with Gasteiger partial charge in [0, 0.05) is 12.6 Å². The Kier molecular flexibility index (Phi) is 4.98. The molecule has 8 heteroatoms. The number of aromatic nitrogens is 4. The fourth-order valence-electron chi connectivity index (χ4n) is 2.89. The highest BCUT2D eigenvalue weighted by molar-refractivity contribution is 8.00. The van der Waals surface area contributed by atoms with Crippen LogP contribution >= 0.6 is 11.8 Å². The first-order chi connectivity index (χ1) is 12.3. The number of benzene rings is 1. The molecular weight excluding hydrogens is 338 g/mol. The molecule has 2 fully saturated rings. The highest BCUT2D eigenvalue weighted by Gasteiger charge is 2.30. The molecule has 1 aliphatic heterocycles. The van der Waals surface area contributed by atoms with Crippen LogP contribution in [0.5, 0.6) is 0 Å². The van der Waals surface area contributed by atoms with Gasteiger partial charge >= 0.3 is 0 Å². The molecule has 2 heterocycles. The SMILES string of the molecule is O=C(NC1CC1)[C@H](Sc1nnnn1C[C@H]1CCCO1)c1ccccc1. The molecule has 0 spiro atoms. The van der Waals surface area contributed by atoms with Gasteiger partial charge in [-0.3, -0.25) is 4.79 Å². The lowest BCUT2D eigenvalue weighted by atomic mass is 10.1. The molecular formula is C17H21N5O2S. The van der Waals surface area contributed by atoms with E-state index in [0.717, 1.165) is 37.9 Å². The number of nitrogens with zero attached hydrogens (tertiary/aromatic N) is 4.